The van der Waals surface area contributed by atoms with Gasteiger partial charge in [-0.05, 0) is 31.2 Å². The van der Waals surface area contributed by atoms with E-state index in [1.165, 1.54) is 12.1 Å². The number of carbonyl (C=O) groups excluding carboxylic acids is 1. The predicted octanol–water partition coefficient (Wildman–Crippen LogP) is 2.30. The third kappa shape index (κ3) is 5.65. The normalized spacial score (nSPS) is 10.4. The Kier molecular flexibility index (Phi) is 6.51. The molecule has 0 heterocycles. The number of hydrazine groups is 1. The minimum atomic E-state index is -3.49. The van der Waals surface area contributed by atoms with Crippen molar-refractivity contribution < 1.29 is 13.2 Å². The van der Waals surface area contributed by atoms with E-state index >= 15 is 0 Å². The van der Waals surface area contributed by atoms with Crippen LogP contribution >= 0.6 is 11.6 Å². The second-order valence-corrected chi connectivity index (χ2v) is 6.25. The third-order valence-electron chi connectivity index (χ3n) is 2.49. The summed E-state index contributed by atoms with van der Waals surface area (Å²) >= 11 is 5.55. The standard InChI is InChI=1S/C7H5ClO.C7H10N2O2S/c8-7-3-1-6(5-9)2-4-7;1-6-2-4-7(5-3-6)12(10,11)9-8/h1-5H;2-5,9H,8H2,1H3. The van der Waals surface area contributed by atoms with Gasteiger partial charge in [0.2, 0.25) is 0 Å². The van der Waals surface area contributed by atoms with Crippen molar-refractivity contribution in [3.05, 3.63) is 64.7 Å². The van der Waals surface area contributed by atoms with E-state index in [0.717, 1.165) is 11.8 Å². The van der Waals surface area contributed by atoms with Gasteiger partial charge in [0.15, 0.2) is 0 Å². The number of nitrogens with one attached hydrogen (secondary N) is 1. The van der Waals surface area contributed by atoms with Crippen LogP contribution in [0.4, 0.5) is 0 Å². The van der Waals surface area contributed by atoms with Crippen LogP contribution in [-0.4, -0.2) is 14.7 Å². The zero-order chi connectivity index (χ0) is 15.9. The van der Waals surface area contributed by atoms with Crippen molar-refractivity contribution in [3.63, 3.8) is 0 Å². The Morgan fingerprint density at radius 1 is 1.05 bits per heavy atom. The number of nitrogens with two attached hydrogens (primary N) is 1. The molecule has 0 fully saturated rings. The molecule has 0 saturated carbocycles. The van der Waals surface area contributed by atoms with Crippen LogP contribution in [-0.2, 0) is 10.0 Å². The lowest BCUT2D eigenvalue weighted by molar-refractivity contribution is 0.112. The van der Waals surface area contributed by atoms with Crippen LogP contribution in [0.5, 0.6) is 0 Å². The highest BCUT2D eigenvalue weighted by atomic mass is 35.5. The molecule has 2 aromatic rings. The largest absolute Gasteiger partial charge is 0.298 e. The molecule has 5 nitrogen and oxygen atoms in total. The van der Waals surface area contributed by atoms with Crippen LogP contribution in [0.3, 0.4) is 0 Å². The van der Waals surface area contributed by atoms with E-state index in [2.05, 4.69) is 0 Å². The lowest BCUT2D eigenvalue weighted by atomic mass is 10.2. The Hall–Kier alpha value is -1.73. The summed E-state index contributed by atoms with van der Waals surface area (Å²) in [5, 5.41) is 0.653. The van der Waals surface area contributed by atoms with E-state index in [4.69, 9.17) is 17.4 Å². The minimum Gasteiger partial charge on any atom is -0.298 e. The molecule has 0 spiro atoms. The van der Waals surface area contributed by atoms with E-state index in [9.17, 15) is 13.2 Å². The highest BCUT2D eigenvalue weighted by Crippen LogP contribution is 2.08. The van der Waals surface area contributed by atoms with Crippen molar-refractivity contribution in [2.45, 2.75) is 11.8 Å². The number of rotatable bonds is 3. The smallest absolute Gasteiger partial charge is 0.253 e. The number of aldehydes is 1. The molecule has 0 aliphatic rings. The third-order valence-corrected chi connectivity index (χ3v) is 3.95. The predicted molar refractivity (Wildman–Crippen MR) is 82.5 cm³/mol. The fourth-order valence-corrected chi connectivity index (χ4v) is 2.08. The van der Waals surface area contributed by atoms with E-state index < -0.39 is 10.0 Å². The molecule has 2 aromatic carbocycles. The van der Waals surface area contributed by atoms with Gasteiger partial charge in [0.25, 0.3) is 10.0 Å². The summed E-state index contributed by atoms with van der Waals surface area (Å²) in [4.78, 5) is 12.0. The number of hydrogen-bond donors (Lipinski definition) is 2. The number of carbonyl (C=O) groups is 1. The van der Waals surface area contributed by atoms with Crippen molar-refractivity contribution >= 4 is 27.9 Å². The molecule has 3 N–H and O–H groups in total. The van der Waals surface area contributed by atoms with Crippen molar-refractivity contribution in [2.24, 2.45) is 5.84 Å². The Balaban J connectivity index is 0.000000219. The lowest BCUT2D eigenvalue weighted by Crippen LogP contribution is -2.30. The van der Waals surface area contributed by atoms with E-state index in [0.29, 0.717) is 10.6 Å². The molecule has 2 rings (SSSR count). The molecule has 0 aliphatic heterocycles. The van der Waals surface area contributed by atoms with Crippen LogP contribution in [0, 0.1) is 6.92 Å². The first-order valence-corrected chi connectivity index (χ1v) is 7.75. The summed E-state index contributed by atoms with van der Waals surface area (Å²) in [7, 11) is -3.49. The molecule has 0 saturated heterocycles. The molecule has 112 valence electrons. The van der Waals surface area contributed by atoms with Crippen molar-refractivity contribution in [1.29, 1.82) is 0 Å². The van der Waals surface area contributed by atoms with Crippen LogP contribution in [0.1, 0.15) is 15.9 Å². The monoisotopic (exact) mass is 326 g/mol. The SMILES string of the molecule is Cc1ccc(S(=O)(=O)NN)cc1.O=Cc1ccc(Cl)cc1. The second-order valence-electron chi connectivity index (χ2n) is 4.10. The fraction of sp³-hybridized carbons (Fsp3) is 0.0714. The van der Waals surface area contributed by atoms with Gasteiger partial charge in [0.05, 0.1) is 4.90 Å². The number of sulfonamides is 1. The molecule has 0 radical (unpaired) electrons. The molecule has 0 aromatic heterocycles. The van der Waals surface area contributed by atoms with Crippen molar-refractivity contribution in [2.75, 3.05) is 0 Å². The topological polar surface area (TPSA) is 89.3 Å². The van der Waals surface area contributed by atoms with Crippen LogP contribution in [0.2, 0.25) is 5.02 Å². The first-order chi connectivity index (χ1) is 9.89. The molecule has 0 atom stereocenters. The van der Waals surface area contributed by atoms with E-state index in [1.54, 1.807) is 41.2 Å². The van der Waals surface area contributed by atoms with Crippen molar-refractivity contribution in [3.8, 4) is 0 Å². The maximum atomic E-state index is 11.1. The minimum absolute atomic E-state index is 0.176. The summed E-state index contributed by atoms with van der Waals surface area (Å²) in [6, 6.07) is 13.2. The zero-order valence-electron chi connectivity index (χ0n) is 11.3. The van der Waals surface area contributed by atoms with Gasteiger partial charge >= 0.3 is 0 Å². The van der Waals surface area contributed by atoms with Crippen molar-refractivity contribution in [1.82, 2.24) is 4.83 Å². The van der Waals surface area contributed by atoms with Gasteiger partial charge in [-0.1, -0.05) is 41.4 Å². The van der Waals surface area contributed by atoms with Gasteiger partial charge in [0, 0.05) is 10.6 Å². The van der Waals surface area contributed by atoms with Gasteiger partial charge in [-0.15, -0.1) is 0 Å². The Morgan fingerprint density at radius 3 is 2.00 bits per heavy atom. The average Bonchev–Trinajstić information content (AvgIpc) is 2.49. The summed E-state index contributed by atoms with van der Waals surface area (Å²) in [6.07, 6.45) is 0.788. The highest BCUT2D eigenvalue weighted by molar-refractivity contribution is 7.89. The Bertz CT molecular complexity index is 683. The number of halogens is 1. The Morgan fingerprint density at radius 2 is 1.57 bits per heavy atom. The van der Waals surface area contributed by atoms with Gasteiger partial charge in [0.1, 0.15) is 6.29 Å². The molecule has 7 heteroatoms. The maximum absolute atomic E-state index is 11.1. The summed E-state index contributed by atoms with van der Waals surface area (Å²) in [5.74, 6) is 4.84. The van der Waals surface area contributed by atoms with Gasteiger partial charge < -0.3 is 0 Å². The lowest BCUT2D eigenvalue weighted by Gasteiger charge is -2.01. The molecule has 0 amide bonds. The Labute approximate surface area is 128 Å². The van der Waals surface area contributed by atoms with Crippen LogP contribution in [0.15, 0.2) is 53.4 Å². The fourth-order valence-electron chi connectivity index (χ4n) is 1.33. The van der Waals surface area contributed by atoms with E-state index in [1.807, 2.05) is 6.92 Å². The zero-order valence-corrected chi connectivity index (χ0v) is 12.9. The van der Waals surface area contributed by atoms with Crippen LogP contribution in [0.25, 0.3) is 0 Å². The number of aryl methyl sites for hydroxylation is 1. The second kappa shape index (κ2) is 7.90. The molecule has 0 bridgehead atoms. The first-order valence-electron chi connectivity index (χ1n) is 5.89. The number of benzene rings is 2. The molecule has 0 unspecified atom stereocenters. The quantitative estimate of drug-likeness (QED) is 0.514. The first kappa shape index (κ1) is 17.3. The highest BCUT2D eigenvalue weighted by Gasteiger charge is 2.09. The summed E-state index contributed by atoms with van der Waals surface area (Å²) in [6.45, 7) is 1.88. The molecule has 0 aliphatic carbocycles. The van der Waals surface area contributed by atoms with Gasteiger partial charge in [-0.3, -0.25) is 10.6 Å². The van der Waals surface area contributed by atoms with Gasteiger partial charge in [-0.2, -0.15) is 4.83 Å². The maximum Gasteiger partial charge on any atom is 0.253 e. The molecular formula is C14H15ClN2O3S. The molecular weight excluding hydrogens is 312 g/mol. The van der Waals surface area contributed by atoms with E-state index in [-0.39, 0.29) is 4.90 Å². The molecule has 21 heavy (non-hydrogen) atoms. The average molecular weight is 327 g/mol. The van der Waals surface area contributed by atoms with Crippen LogP contribution < -0.4 is 10.7 Å². The summed E-state index contributed by atoms with van der Waals surface area (Å²) in [5.41, 5.74) is 1.66. The summed E-state index contributed by atoms with van der Waals surface area (Å²) < 4.78 is 22.2. The number of hydrogen-bond acceptors (Lipinski definition) is 4. The van der Waals surface area contributed by atoms with Gasteiger partial charge in [-0.25, -0.2) is 8.42 Å².